The second-order valence-corrected chi connectivity index (χ2v) is 8.15. The van der Waals surface area contributed by atoms with Gasteiger partial charge in [-0.25, -0.2) is 9.36 Å². The van der Waals surface area contributed by atoms with Crippen LogP contribution in [0.25, 0.3) is 10.1 Å². The standard InChI is InChI=1S/C22H17ClN2O4S/c23-21-16-8-4-5-9-17(16)30-18(21)14-29-20(27)13-25-19(26)10-11-24(22(25)28)12-15-6-2-1-3-7-15/h1-11H,12-14H2. The van der Waals surface area contributed by atoms with Gasteiger partial charge in [0, 0.05) is 22.3 Å². The fraction of sp³-hybridized carbons (Fsp3) is 0.136. The molecule has 6 nitrogen and oxygen atoms in total. The number of nitrogens with zero attached hydrogens (tertiary/aromatic N) is 2. The summed E-state index contributed by atoms with van der Waals surface area (Å²) in [5.74, 6) is -0.680. The number of ether oxygens (including phenoxy) is 1. The van der Waals surface area contributed by atoms with Gasteiger partial charge in [0.25, 0.3) is 5.56 Å². The Morgan fingerprint density at radius 3 is 2.50 bits per heavy atom. The van der Waals surface area contributed by atoms with Crippen LogP contribution < -0.4 is 11.2 Å². The number of benzene rings is 2. The summed E-state index contributed by atoms with van der Waals surface area (Å²) < 4.78 is 8.54. The van der Waals surface area contributed by atoms with Crippen LogP contribution in [0.2, 0.25) is 5.02 Å². The van der Waals surface area contributed by atoms with E-state index in [1.54, 1.807) is 0 Å². The van der Waals surface area contributed by atoms with Crippen LogP contribution in [-0.2, 0) is 29.2 Å². The minimum atomic E-state index is -0.680. The molecule has 0 saturated heterocycles. The van der Waals surface area contributed by atoms with Crippen molar-refractivity contribution in [1.29, 1.82) is 0 Å². The average molecular weight is 441 g/mol. The summed E-state index contributed by atoms with van der Waals surface area (Å²) in [5.41, 5.74) is -0.212. The maximum atomic E-state index is 12.7. The van der Waals surface area contributed by atoms with Crippen molar-refractivity contribution in [3.63, 3.8) is 0 Å². The summed E-state index contributed by atoms with van der Waals surface area (Å²) in [6.07, 6.45) is 1.43. The van der Waals surface area contributed by atoms with E-state index in [1.807, 2.05) is 54.6 Å². The van der Waals surface area contributed by atoms with Crippen LogP contribution in [0.5, 0.6) is 0 Å². The van der Waals surface area contributed by atoms with E-state index in [2.05, 4.69) is 0 Å². The van der Waals surface area contributed by atoms with Gasteiger partial charge in [-0.3, -0.25) is 14.2 Å². The van der Waals surface area contributed by atoms with Gasteiger partial charge in [0.15, 0.2) is 0 Å². The molecule has 0 saturated carbocycles. The molecule has 2 aromatic carbocycles. The van der Waals surface area contributed by atoms with Crippen LogP contribution in [0.1, 0.15) is 10.4 Å². The topological polar surface area (TPSA) is 70.3 Å². The molecule has 0 unspecified atom stereocenters. The molecule has 30 heavy (non-hydrogen) atoms. The Morgan fingerprint density at radius 1 is 1.00 bits per heavy atom. The SMILES string of the molecule is O=C(Cn1c(=O)ccn(Cc2ccccc2)c1=O)OCc1sc2ccccc2c1Cl. The van der Waals surface area contributed by atoms with E-state index in [4.69, 9.17) is 16.3 Å². The van der Waals surface area contributed by atoms with Crippen molar-refractivity contribution in [2.24, 2.45) is 0 Å². The van der Waals surface area contributed by atoms with E-state index >= 15 is 0 Å². The second-order valence-electron chi connectivity index (χ2n) is 6.63. The van der Waals surface area contributed by atoms with Crippen LogP contribution in [0.4, 0.5) is 0 Å². The Labute approximate surface area is 180 Å². The Bertz CT molecular complexity index is 1320. The zero-order valence-electron chi connectivity index (χ0n) is 15.8. The first kappa shape index (κ1) is 20.1. The lowest BCUT2D eigenvalue weighted by Crippen LogP contribution is -2.41. The number of esters is 1. The Balaban J connectivity index is 1.48. The highest BCUT2D eigenvalue weighted by molar-refractivity contribution is 7.19. The summed E-state index contributed by atoms with van der Waals surface area (Å²) in [5, 5.41) is 1.45. The molecule has 0 fully saturated rings. The highest BCUT2D eigenvalue weighted by Gasteiger charge is 2.14. The third kappa shape index (κ3) is 4.22. The number of carbonyl (C=O) groups is 1. The molecule has 0 bridgehead atoms. The number of fused-ring (bicyclic) bond motifs is 1. The Hall–Kier alpha value is -3.16. The monoisotopic (exact) mass is 440 g/mol. The van der Waals surface area contributed by atoms with Crippen LogP contribution in [0.3, 0.4) is 0 Å². The van der Waals surface area contributed by atoms with Crippen molar-refractivity contribution in [3.8, 4) is 0 Å². The predicted molar refractivity (Wildman–Crippen MR) is 117 cm³/mol. The number of thiophene rings is 1. The first-order valence-electron chi connectivity index (χ1n) is 9.18. The molecule has 0 aliphatic carbocycles. The molecular formula is C22H17ClN2O4S. The molecule has 0 atom stereocenters. The van der Waals surface area contributed by atoms with Gasteiger partial charge in [-0.15, -0.1) is 11.3 Å². The minimum Gasteiger partial charge on any atom is -0.459 e. The van der Waals surface area contributed by atoms with Crippen molar-refractivity contribution in [2.75, 3.05) is 0 Å². The van der Waals surface area contributed by atoms with E-state index in [9.17, 15) is 14.4 Å². The van der Waals surface area contributed by atoms with Crippen LogP contribution in [0, 0.1) is 0 Å². The fourth-order valence-electron chi connectivity index (χ4n) is 3.08. The summed E-state index contributed by atoms with van der Waals surface area (Å²) in [7, 11) is 0. The normalized spacial score (nSPS) is 11.0. The van der Waals surface area contributed by atoms with Gasteiger partial charge < -0.3 is 4.74 Å². The van der Waals surface area contributed by atoms with Crippen molar-refractivity contribution < 1.29 is 9.53 Å². The fourth-order valence-corrected chi connectivity index (χ4v) is 4.48. The van der Waals surface area contributed by atoms with Gasteiger partial charge in [-0.05, 0) is 11.6 Å². The number of hydrogen-bond acceptors (Lipinski definition) is 5. The molecule has 0 amide bonds. The summed E-state index contributed by atoms with van der Waals surface area (Å²) in [6, 6.07) is 18.3. The van der Waals surface area contributed by atoms with E-state index in [0.29, 0.717) is 16.4 Å². The smallest absolute Gasteiger partial charge is 0.331 e. The Morgan fingerprint density at radius 2 is 1.73 bits per heavy atom. The zero-order valence-corrected chi connectivity index (χ0v) is 17.4. The molecule has 0 N–H and O–H groups in total. The van der Waals surface area contributed by atoms with Gasteiger partial charge in [0.2, 0.25) is 0 Å². The van der Waals surface area contributed by atoms with Gasteiger partial charge >= 0.3 is 11.7 Å². The van der Waals surface area contributed by atoms with E-state index < -0.39 is 23.8 Å². The quantitative estimate of drug-likeness (QED) is 0.429. The molecule has 8 heteroatoms. The van der Waals surface area contributed by atoms with E-state index in [0.717, 1.165) is 20.2 Å². The third-order valence-corrected chi connectivity index (χ3v) is 6.28. The average Bonchev–Trinajstić information content (AvgIpc) is 3.08. The summed E-state index contributed by atoms with van der Waals surface area (Å²) in [6.45, 7) is -0.182. The minimum absolute atomic E-state index is 0.0171. The summed E-state index contributed by atoms with van der Waals surface area (Å²) >= 11 is 7.80. The van der Waals surface area contributed by atoms with E-state index in [-0.39, 0.29) is 6.61 Å². The predicted octanol–water partition coefficient (Wildman–Crippen LogP) is 3.67. The molecule has 152 valence electrons. The van der Waals surface area contributed by atoms with Gasteiger partial charge in [0.05, 0.1) is 16.4 Å². The first-order valence-corrected chi connectivity index (χ1v) is 10.4. The second kappa shape index (κ2) is 8.69. The number of rotatable bonds is 6. The van der Waals surface area contributed by atoms with Crippen molar-refractivity contribution in [3.05, 3.63) is 103 Å². The first-order chi connectivity index (χ1) is 14.5. The van der Waals surface area contributed by atoms with E-state index in [1.165, 1.54) is 28.2 Å². The van der Waals surface area contributed by atoms with Crippen LogP contribution >= 0.6 is 22.9 Å². The Kier molecular flexibility index (Phi) is 5.83. The zero-order chi connectivity index (χ0) is 21.1. The number of aromatic nitrogens is 2. The molecule has 0 aliphatic heterocycles. The third-order valence-electron chi connectivity index (χ3n) is 4.59. The molecule has 0 aliphatic rings. The largest absolute Gasteiger partial charge is 0.459 e. The molecule has 2 heterocycles. The van der Waals surface area contributed by atoms with Crippen molar-refractivity contribution in [2.45, 2.75) is 19.7 Å². The van der Waals surface area contributed by atoms with Crippen LogP contribution in [0.15, 0.2) is 76.4 Å². The molecular weight excluding hydrogens is 424 g/mol. The highest BCUT2D eigenvalue weighted by atomic mass is 35.5. The van der Waals surface area contributed by atoms with Gasteiger partial charge in [-0.1, -0.05) is 60.1 Å². The van der Waals surface area contributed by atoms with Crippen LogP contribution in [-0.4, -0.2) is 15.1 Å². The molecule has 4 aromatic rings. The molecule has 0 radical (unpaired) electrons. The van der Waals surface area contributed by atoms with Gasteiger partial charge in [0.1, 0.15) is 13.2 Å². The number of hydrogen-bond donors (Lipinski definition) is 0. The lowest BCUT2D eigenvalue weighted by atomic mass is 10.2. The molecule has 0 spiro atoms. The lowest BCUT2D eigenvalue weighted by Gasteiger charge is -2.10. The number of carbonyl (C=O) groups excluding carboxylic acids is 1. The number of halogens is 1. The maximum absolute atomic E-state index is 12.7. The molecule has 2 aromatic heterocycles. The van der Waals surface area contributed by atoms with Gasteiger partial charge in [-0.2, -0.15) is 0 Å². The van der Waals surface area contributed by atoms with Crippen molar-refractivity contribution in [1.82, 2.24) is 9.13 Å². The maximum Gasteiger partial charge on any atom is 0.331 e. The van der Waals surface area contributed by atoms with Crippen molar-refractivity contribution >= 4 is 39.0 Å². The summed E-state index contributed by atoms with van der Waals surface area (Å²) in [4.78, 5) is 37.9. The molecule has 4 rings (SSSR count). The highest BCUT2D eigenvalue weighted by Crippen LogP contribution is 2.35. The lowest BCUT2D eigenvalue weighted by molar-refractivity contribution is -0.145.